The van der Waals surface area contributed by atoms with Gasteiger partial charge in [0.1, 0.15) is 5.76 Å². The summed E-state index contributed by atoms with van der Waals surface area (Å²) in [5, 5.41) is 7.30. The van der Waals surface area contributed by atoms with Crippen LogP contribution in [0.2, 0.25) is 0 Å². The average molecular weight is 448 g/mol. The van der Waals surface area contributed by atoms with Gasteiger partial charge in [0.25, 0.3) is 0 Å². The van der Waals surface area contributed by atoms with Crippen molar-refractivity contribution in [3.05, 3.63) is 17.0 Å². The molecule has 2 amide bonds. The minimum Gasteiger partial charge on any atom is -0.361 e. The van der Waals surface area contributed by atoms with E-state index in [1.165, 1.54) is 0 Å². The molecule has 0 aliphatic carbocycles. The number of aromatic nitrogens is 1. The van der Waals surface area contributed by atoms with E-state index >= 15 is 0 Å². The van der Waals surface area contributed by atoms with Crippen molar-refractivity contribution < 1.29 is 14.1 Å². The SMILES string of the molecule is Cc1noc(C)c1CN1C(=O)[C@H]2CC[C@@H]1CN(CC(=O)N1CCNCC1)C2.Cl.Cl. The lowest BCUT2D eigenvalue weighted by molar-refractivity contribution is -0.140. The quantitative estimate of drug-likeness (QED) is 0.740. The molecule has 29 heavy (non-hydrogen) atoms. The summed E-state index contributed by atoms with van der Waals surface area (Å²) < 4.78 is 5.27. The summed E-state index contributed by atoms with van der Waals surface area (Å²) in [6.45, 7) is 9.52. The highest BCUT2D eigenvalue weighted by atomic mass is 35.5. The van der Waals surface area contributed by atoms with Crippen LogP contribution in [0, 0.1) is 19.8 Å². The fourth-order valence-electron chi connectivity index (χ4n) is 4.57. The molecule has 5 heterocycles. The standard InChI is InChI=1S/C19H29N5O3.2ClH/c1-13-17(14(2)27-21-13)11-24-16-4-3-15(19(24)26)9-22(10-16)12-18(25)23-7-5-20-6-8-23;;/h15-16,20H,3-12H2,1-2H3;2*1H/t15-,16+;;/m0../s1. The Kier molecular flexibility index (Phi) is 8.34. The molecule has 0 aromatic carbocycles. The van der Waals surface area contributed by atoms with Gasteiger partial charge in [-0.2, -0.15) is 0 Å². The number of nitrogens with one attached hydrogen (secondary N) is 1. The van der Waals surface area contributed by atoms with E-state index in [4.69, 9.17) is 4.52 Å². The van der Waals surface area contributed by atoms with Crippen LogP contribution < -0.4 is 5.32 Å². The van der Waals surface area contributed by atoms with Crippen LogP contribution in [0.5, 0.6) is 0 Å². The van der Waals surface area contributed by atoms with E-state index in [1.807, 2.05) is 23.6 Å². The number of hydrogen-bond acceptors (Lipinski definition) is 6. The highest BCUT2D eigenvalue weighted by Gasteiger charge is 2.41. The van der Waals surface area contributed by atoms with E-state index in [0.29, 0.717) is 19.6 Å². The molecule has 164 valence electrons. The molecular weight excluding hydrogens is 417 g/mol. The highest BCUT2D eigenvalue weighted by Crippen LogP contribution is 2.31. The monoisotopic (exact) mass is 447 g/mol. The predicted octanol–water partition coefficient (Wildman–Crippen LogP) is 0.990. The molecule has 1 N–H and O–H groups in total. The minimum atomic E-state index is -0.0138. The van der Waals surface area contributed by atoms with Crippen molar-refractivity contribution in [2.45, 2.75) is 39.3 Å². The Morgan fingerprint density at radius 1 is 1.17 bits per heavy atom. The van der Waals surface area contributed by atoms with Gasteiger partial charge in [-0.3, -0.25) is 14.5 Å². The molecule has 4 fully saturated rings. The molecule has 1 aromatic rings. The van der Waals surface area contributed by atoms with E-state index in [9.17, 15) is 9.59 Å². The molecule has 2 atom stereocenters. The number of hydrogen-bond donors (Lipinski definition) is 1. The van der Waals surface area contributed by atoms with Crippen molar-refractivity contribution in [2.24, 2.45) is 5.92 Å². The van der Waals surface area contributed by atoms with Crippen LogP contribution in [0.3, 0.4) is 0 Å². The van der Waals surface area contributed by atoms with Crippen LogP contribution in [-0.2, 0) is 16.1 Å². The van der Waals surface area contributed by atoms with E-state index in [1.54, 1.807) is 0 Å². The number of aryl methyl sites for hydroxylation is 2. The fourth-order valence-corrected chi connectivity index (χ4v) is 4.57. The van der Waals surface area contributed by atoms with Gasteiger partial charge in [-0.15, -0.1) is 24.8 Å². The smallest absolute Gasteiger partial charge is 0.236 e. The number of piperidine rings is 1. The van der Waals surface area contributed by atoms with Crippen molar-refractivity contribution in [1.82, 2.24) is 25.2 Å². The molecule has 4 aliphatic rings. The second-order valence-corrected chi connectivity index (χ2v) is 8.02. The topological polar surface area (TPSA) is 81.9 Å². The Morgan fingerprint density at radius 3 is 2.55 bits per heavy atom. The molecule has 8 nitrogen and oxygen atoms in total. The Hall–Kier alpha value is -1.35. The summed E-state index contributed by atoms with van der Waals surface area (Å²) in [5.41, 5.74) is 1.87. The normalized spacial score (nSPS) is 24.7. The maximum Gasteiger partial charge on any atom is 0.236 e. The largest absolute Gasteiger partial charge is 0.361 e. The number of halogens is 2. The first kappa shape index (κ1) is 23.9. The number of carbonyl (C=O) groups excluding carboxylic acids is 2. The third kappa shape index (κ3) is 5.05. The van der Waals surface area contributed by atoms with Crippen molar-refractivity contribution in [1.29, 1.82) is 0 Å². The first-order valence-electron chi connectivity index (χ1n) is 9.96. The number of piperazine rings is 1. The summed E-state index contributed by atoms with van der Waals surface area (Å²) in [4.78, 5) is 31.8. The number of rotatable bonds is 4. The van der Waals surface area contributed by atoms with Gasteiger partial charge >= 0.3 is 0 Å². The third-order valence-corrected chi connectivity index (χ3v) is 6.21. The van der Waals surface area contributed by atoms with Gasteiger partial charge in [0.15, 0.2) is 0 Å². The van der Waals surface area contributed by atoms with Gasteiger partial charge in [-0.25, -0.2) is 0 Å². The number of carbonyl (C=O) groups is 2. The molecule has 0 saturated carbocycles. The van der Waals surface area contributed by atoms with Crippen LogP contribution in [0.25, 0.3) is 0 Å². The molecule has 2 bridgehead atoms. The predicted molar refractivity (Wildman–Crippen MR) is 113 cm³/mol. The van der Waals surface area contributed by atoms with Crippen molar-refractivity contribution in [3.8, 4) is 0 Å². The van der Waals surface area contributed by atoms with E-state index in [0.717, 1.165) is 62.6 Å². The van der Waals surface area contributed by atoms with Crippen molar-refractivity contribution in [2.75, 3.05) is 45.8 Å². The summed E-state index contributed by atoms with van der Waals surface area (Å²) in [6.07, 6.45) is 1.91. The van der Waals surface area contributed by atoms with Crippen LogP contribution in [0.15, 0.2) is 4.52 Å². The Bertz CT molecular complexity index is 703. The number of nitrogens with zero attached hydrogens (tertiary/aromatic N) is 4. The molecule has 1 aromatic heterocycles. The second kappa shape index (κ2) is 10.1. The maximum atomic E-state index is 13.0. The Balaban J connectivity index is 0.00000150. The van der Waals surface area contributed by atoms with Gasteiger partial charge in [0.05, 0.1) is 24.7 Å². The Morgan fingerprint density at radius 2 is 1.90 bits per heavy atom. The first-order chi connectivity index (χ1) is 13.0. The zero-order valence-corrected chi connectivity index (χ0v) is 18.7. The van der Waals surface area contributed by atoms with Gasteiger partial charge in [-0.05, 0) is 26.7 Å². The number of amides is 2. The lowest BCUT2D eigenvalue weighted by Gasteiger charge is -2.36. The molecule has 0 unspecified atom stereocenters. The van der Waals surface area contributed by atoms with Crippen LogP contribution in [0.4, 0.5) is 0 Å². The van der Waals surface area contributed by atoms with Crippen molar-refractivity contribution >= 4 is 36.6 Å². The van der Waals surface area contributed by atoms with Gasteiger partial charge < -0.3 is 19.6 Å². The van der Waals surface area contributed by atoms with E-state index in [-0.39, 0.29) is 48.6 Å². The summed E-state index contributed by atoms with van der Waals surface area (Å²) in [7, 11) is 0. The average Bonchev–Trinajstić information content (AvgIpc) is 2.83. The lowest BCUT2D eigenvalue weighted by atomic mass is 9.93. The first-order valence-corrected chi connectivity index (χ1v) is 9.96. The van der Waals surface area contributed by atoms with Crippen LogP contribution >= 0.6 is 24.8 Å². The second-order valence-electron chi connectivity index (χ2n) is 8.02. The summed E-state index contributed by atoms with van der Waals surface area (Å²) in [5.74, 6) is 1.16. The molecule has 4 aliphatic heterocycles. The van der Waals surface area contributed by atoms with E-state index in [2.05, 4.69) is 15.4 Å². The summed E-state index contributed by atoms with van der Waals surface area (Å²) in [6, 6.07) is 0.153. The molecule has 4 saturated heterocycles. The molecular formula is C19H31Cl2N5O3. The van der Waals surface area contributed by atoms with Gasteiger partial charge in [-0.1, -0.05) is 5.16 Å². The molecule has 5 rings (SSSR count). The zero-order chi connectivity index (χ0) is 19.0. The van der Waals surface area contributed by atoms with E-state index < -0.39 is 0 Å². The van der Waals surface area contributed by atoms with Crippen molar-refractivity contribution in [3.63, 3.8) is 0 Å². The lowest BCUT2D eigenvalue weighted by Crippen LogP contribution is -2.50. The van der Waals surface area contributed by atoms with Crippen LogP contribution in [-0.4, -0.2) is 83.5 Å². The van der Waals surface area contributed by atoms with Gasteiger partial charge in [0, 0.05) is 50.9 Å². The fraction of sp³-hybridized carbons (Fsp3) is 0.737. The molecule has 0 radical (unpaired) electrons. The molecule has 10 heteroatoms. The maximum absolute atomic E-state index is 13.0. The third-order valence-electron chi connectivity index (χ3n) is 6.21. The Labute approximate surface area is 184 Å². The highest BCUT2D eigenvalue weighted by molar-refractivity contribution is 5.85. The molecule has 0 spiro atoms. The van der Waals surface area contributed by atoms with Gasteiger partial charge in [0.2, 0.25) is 11.8 Å². The summed E-state index contributed by atoms with van der Waals surface area (Å²) >= 11 is 0. The minimum absolute atomic E-state index is 0. The zero-order valence-electron chi connectivity index (χ0n) is 17.1. The number of fused-ring (bicyclic) bond motifs is 4. The van der Waals surface area contributed by atoms with Crippen LogP contribution in [0.1, 0.15) is 29.9 Å².